The van der Waals surface area contributed by atoms with E-state index in [9.17, 15) is 19.5 Å². The van der Waals surface area contributed by atoms with Crippen molar-refractivity contribution in [2.45, 2.75) is 56.9 Å². The number of Topliss-reactive ketones (excluding diaryl/α,β-unsaturated/α-hetero) is 1. The molecule has 3 fully saturated rings. The molecule has 6 rings (SSSR count). The summed E-state index contributed by atoms with van der Waals surface area (Å²) in [4.78, 5) is 43.7. The van der Waals surface area contributed by atoms with Gasteiger partial charge in [-0.1, -0.05) is 29.8 Å². The Morgan fingerprint density at radius 1 is 1.04 bits per heavy atom. The molecule has 1 aromatic heterocycles. The number of para-hydroxylation sites is 1. The first-order valence-corrected chi connectivity index (χ1v) is 17.6. The second kappa shape index (κ2) is 14.0. The molecule has 2 N–H and O–H groups in total. The molecule has 0 bridgehead atoms. The number of halogens is 2. The molecule has 1 amide bonds. The van der Waals surface area contributed by atoms with Crippen LogP contribution in [0.3, 0.4) is 0 Å². The Kier molecular flexibility index (Phi) is 10.1. The van der Waals surface area contributed by atoms with Gasteiger partial charge in [0.05, 0.1) is 28.3 Å². The van der Waals surface area contributed by atoms with Crippen molar-refractivity contribution >= 4 is 57.6 Å². The number of hydrogen-bond donors (Lipinski definition) is 2. The van der Waals surface area contributed by atoms with Gasteiger partial charge in [-0.2, -0.15) is 11.8 Å². The molecule has 1 saturated carbocycles. The highest BCUT2D eigenvalue weighted by atomic mass is 35.5. The van der Waals surface area contributed by atoms with E-state index in [4.69, 9.17) is 16.3 Å². The van der Waals surface area contributed by atoms with Gasteiger partial charge < -0.3 is 19.7 Å². The number of carboxylic acids is 1. The Morgan fingerprint density at radius 3 is 2.41 bits per heavy atom. The van der Waals surface area contributed by atoms with Crippen LogP contribution in [0.5, 0.6) is 0 Å². The van der Waals surface area contributed by atoms with Gasteiger partial charge >= 0.3 is 5.97 Å². The number of aryl methyl sites for hydroxylation is 1. The maximum Gasteiger partial charge on any atom is 0.306 e. The monoisotopic (exact) mass is 670 g/mol. The topological polar surface area (TPSA) is 104 Å². The van der Waals surface area contributed by atoms with Gasteiger partial charge in [0.2, 0.25) is 5.85 Å². The summed E-state index contributed by atoms with van der Waals surface area (Å²) in [5.41, 5.74) is 1.59. The van der Waals surface area contributed by atoms with E-state index in [0.29, 0.717) is 57.4 Å². The van der Waals surface area contributed by atoms with Gasteiger partial charge in [0.15, 0.2) is 5.78 Å². The van der Waals surface area contributed by atoms with Crippen LogP contribution < -0.4 is 5.32 Å². The van der Waals surface area contributed by atoms with Crippen LogP contribution in [0.1, 0.15) is 54.4 Å². The van der Waals surface area contributed by atoms with E-state index in [1.54, 1.807) is 6.20 Å². The summed E-state index contributed by atoms with van der Waals surface area (Å²) in [5.74, 6) is -2.19. The van der Waals surface area contributed by atoms with Crippen molar-refractivity contribution < 1.29 is 28.6 Å². The maximum absolute atomic E-state index is 15.8. The van der Waals surface area contributed by atoms with Crippen LogP contribution in [-0.4, -0.2) is 86.8 Å². The number of carboxylic acid groups (broad SMARTS) is 1. The molecule has 0 radical (unpaired) electrons. The van der Waals surface area contributed by atoms with Crippen LogP contribution >= 0.6 is 23.4 Å². The highest BCUT2D eigenvalue weighted by Crippen LogP contribution is 2.38. The van der Waals surface area contributed by atoms with E-state index < -0.39 is 29.5 Å². The van der Waals surface area contributed by atoms with Crippen LogP contribution in [0.15, 0.2) is 42.6 Å². The number of ether oxygens (including phenoxy) is 1. The number of hydrogen-bond acceptors (Lipinski definition) is 7. The standard InChI is InChI=1S/C34H40ClFN4O5S/c1-38-21-26(25-6-2-3-7-30(25)38)32(42)37-29-20-28(36)23(18-27(29)35)19-31(41)34(39-12-4-5-13-39,40-14-16-46-17-15-40)45-24-10-8-22(9-11-24)33(43)44/h2-3,6-7,18,20-22,24H,4-5,8-17,19H2,1H3,(H,37,42)(H,43,44). The summed E-state index contributed by atoms with van der Waals surface area (Å²) in [5, 5.41) is 13.2. The first-order chi connectivity index (χ1) is 22.2. The lowest BCUT2D eigenvalue weighted by Gasteiger charge is -2.50. The molecule has 1 unspecified atom stereocenters. The van der Waals surface area contributed by atoms with E-state index >= 15 is 4.39 Å². The third-order valence-corrected chi connectivity index (χ3v) is 10.8. The summed E-state index contributed by atoms with van der Waals surface area (Å²) in [7, 11) is 1.85. The number of amides is 1. The minimum atomic E-state index is -1.38. The van der Waals surface area contributed by atoms with Crippen molar-refractivity contribution in [3.8, 4) is 0 Å². The summed E-state index contributed by atoms with van der Waals surface area (Å²) >= 11 is 8.45. The Hall–Kier alpha value is -2.96. The lowest BCUT2D eigenvalue weighted by molar-refractivity contribution is -0.254. The Morgan fingerprint density at radius 2 is 1.72 bits per heavy atom. The predicted molar refractivity (Wildman–Crippen MR) is 178 cm³/mol. The van der Waals surface area contributed by atoms with Gasteiger partial charge in [-0.3, -0.25) is 24.2 Å². The summed E-state index contributed by atoms with van der Waals surface area (Å²) in [6.07, 6.45) is 5.15. The largest absolute Gasteiger partial charge is 0.481 e. The number of nitrogens with zero attached hydrogens (tertiary/aromatic N) is 3. The van der Waals surface area contributed by atoms with Gasteiger partial charge in [-0.15, -0.1) is 0 Å². The third-order valence-electron chi connectivity index (χ3n) is 9.57. The number of carbonyl (C=O) groups excluding carboxylic acids is 2. The quantitative estimate of drug-likeness (QED) is 0.279. The summed E-state index contributed by atoms with van der Waals surface area (Å²) in [6.45, 7) is 2.67. The number of nitrogens with one attached hydrogen (secondary N) is 1. The molecule has 3 aromatic rings. The van der Waals surface area contributed by atoms with Crippen molar-refractivity contribution in [3.05, 3.63) is 64.6 Å². The van der Waals surface area contributed by atoms with Gasteiger partial charge in [-0.25, -0.2) is 4.39 Å². The number of thioether (sulfide) groups is 1. The molecule has 12 heteroatoms. The highest BCUT2D eigenvalue weighted by Gasteiger charge is 2.52. The van der Waals surface area contributed by atoms with Crippen molar-refractivity contribution in [2.75, 3.05) is 43.0 Å². The molecular weight excluding hydrogens is 631 g/mol. The van der Waals surface area contributed by atoms with E-state index in [2.05, 4.69) is 15.1 Å². The van der Waals surface area contributed by atoms with Gasteiger partial charge in [0, 0.05) is 68.3 Å². The van der Waals surface area contributed by atoms with Gasteiger partial charge in [0.1, 0.15) is 5.82 Å². The molecule has 2 saturated heterocycles. The SMILES string of the molecule is Cn1cc(C(=O)Nc2cc(F)c(CC(=O)C(OC3CCC(C(=O)O)CC3)(N3CCCC3)N3CCSCC3)cc2Cl)c2ccccc21. The van der Waals surface area contributed by atoms with Crippen molar-refractivity contribution in [2.24, 2.45) is 13.0 Å². The Bertz CT molecular complexity index is 1610. The zero-order valence-corrected chi connectivity index (χ0v) is 27.5. The second-order valence-corrected chi connectivity index (χ2v) is 14.1. The van der Waals surface area contributed by atoms with E-state index in [1.165, 1.54) is 12.1 Å². The minimum absolute atomic E-state index is 0.124. The zero-order valence-electron chi connectivity index (χ0n) is 26.0. The molecule has 2 aromatic carbocycles. The lowest BCUT2D eigenvalue weighted by atomic mass is 9.87. The number of likely N-dealkylation sites (tertiary alicyclic amines) is 1. The lowest BCUT2D eigenvalue weighted by Crippen LogP contribution is -2.69. The van der Waals surface area contributed by atoms with Gasteiger partial charge in [-0.05, 0) is 62.3 Å². The Balaban J connectivity index is 1.26. The average molecular weight is 671 g/mol. The molecule has 1 aliphatic carbocycles. The van der Waals surface area contributed by atoms with E-state index in [-0.39, 0.29) is 34.6 Å². The molecule has 3 heterocycles. The predicted octanol–water partition coefficient (Wildman–Crippen LogP) is 5.79. The molecule has 246 valence electrons. The van der Waals surface area contributed by atoms with Gasteiger partial charge in [0.25, 0.3) is 5.91 Å². The number of anilines is 1. The minimum Gasteiger partial charge on any atom is -0.481 e. The van der Waals surface area contributed by atoms with Crippen LogP contribution in [0.2, 0.25) is 5.02 Å². The number of ketones is 1. The fourth-order valence-corrected chi connectivity index (χ4v) is 8.27. The fourth-order valence-electron chi connectivity index (χ4n) is 7.13. The summed E-state index contributed by atoms with van der Waals surface area (Å²) < 4.78 is 24.5. The molecule has 0 spiro atoms. The van der Waals surface area contributed by atoms with E-state index in [1.807, 2.05) is 47.6 Å². The van der Waals surface area contributed by atoms with Crippen LogP contribution in [0, 0.1) is 11.7 Å². The number of rotatable bonds is 10. The second-order valence-electron chi connectivity index (χ2n) is 12.5. The smallest absolute Gasteiger partial charge is 0.306 e. The number of aromatic nitrogens is 1. The maximum atomic E-state index is 15.8. The summed E-state index contributed by atoms with van der Waals surface area (Å²) in [6, 6.07) is 10.1. The molecule has 3 aliphatic rings. The zero-order chi connectivity index (χ0) is 32.4. The third kappa shape index (κ3) is 6.57. The first kappa shape index (κ1) is 33.0. The van der Waals surface area contributed by atoms with Crippen molar-refractivity contribution in [1.29, 1.82) is 0 Å². The Labute approximate surface area is 277 Å². The van der Waals surface area contributed by atoms with Crippen molar-refractivity contribution in [1.82, 2.24) is 14.4 Å². The van der Waals surface area contributed by atoms with Crippen LogP contribution in [-0.2, 0) is 27.8 Å². The highest BCUT2D eigenvalue weighted by molar-refractivity contribution is 7.99. The average Bonchev–Trinajstić information content (AvgIpc) is 3.72. The van der Waals surface area contributed by atoms with Crippen molar-refractivity contribution in [3.63, 3.8) is 0 Å². The number of fused-ring (bicyclic) bond motifs is 1. The first-order valence-electron chi connectivity index (χ1n) is 16.0. The molecule has 2 aliphatic heterocycles. The van der Waals surface area contributed by atoms with Crippen LogP contribution in [0.4, 0.5) is 10.1 Å². The fraction of sp³-hybridized carbons (Fsp3) is 0.500. The number of aliphatic carboxylic acids is 1. The van der Waals surface area contributed by atoms with Crippen LogP contribution in [0.25, 0.3) is 10.9 Å². The molecule has 1 atom stereocenters. The van der Waals surface area contributed by atoms with E-state index in [0.717, 1.165) is 35.3 Å². The number of benzene rings is 2. The molecule has 46 heavy (non-hydrogen) atoms. The normalized spacial score (nSPS) is 22.5. The molecular formula is C34H40ClFN4O5S. The molecule has 9 nitrogen and oxygen atoms in total. The number of carbonyl (C=O) groups is 3.